The Kier molecular flexibility index (Phi) is 5.78. The van der Waals surface area contributed by atoms with Crippen LogP contribution in [0.25, 0.3) is 21.2 Å². The van der Waals surface area contributed by atoms with Gasteiger partial charge in [-0.1, -0.05) is 61.9 Å². The molecule has 140 valence electrons. The largest absolute Gasteiger partial charge is 0.140 e. The predicted molar refractivity (Wildman–Crippen MR) is 121 cm³/mol. The van der Waals surface area contributed by atoms with Gasteiger partial charge in [-0.15, -0.1) is 11.3 Å². The van der Waals surface area contributed by atoms with Crippen molar-refractivity contribution in [3.8, 4) is 11.1 Å². The SMILES string of the molecule is C/C=C/C1CCC(c2ccc(-c3ccc4cc(CCC)sc4c3)cc2)CC1. The maximum atomic E-state index is 2.39. The summed E-state index contributed by atoms with van der Waals surface area (Å²) in [4.78, 5) is 1.51. The number of hydrogen-bond acceptors (Lipinski definition) is 1. The summed E-state index contributed by atoms with van der Waals surface area (Å²) in [7, 11) is 0. The lowest BCUT2D eigenvalue weighted by Crippen LogP contribution is -2.11. The van der Waals surface area contributed by atoms with Crippen molar-refractivity contribution >= 4 is 21.4 Å². The van der Waals surface area contributed by atoms with Crippen LogP contribution in [0.2, 0.25) is 0 Å². The van der Waals surface area contributed by atoms with Gasteiger partial charge in [0.15, 0.2) is 0 Å². The van der Waals surface area contributed by atoms with Gasteiger partial charge in [0.05, 0.1) is 0 Å². The van der Waals surface area contributed by atoms with Crippen molar-refractivity contribution in [2.75, 3.05) is 0 Å². The van der Waals surface area contributed by atoms with Crippen LogP contribution >= 0.6 is 11.3 Å². The molecule has 4 rings (SSSR count). The molecule has 1 aromatic heterocycles. The van der Waals surface area contributed by atoms with Crippen LogP contribution in [0, 0.1) is 5.92 Å². The van der Waals surface area contributed by atoms with E-state index in [1.165, 1.54) is 70.2 Å². The molecule has 0 spiro atoms. The van der Waals surface area contributed by atoms with E-state index >= 15 is 0 Å². The summed E-state index contributed by atoms with van der Waals surface area (Å²) in [6.07, 6.45) is 12.4. The van der Waals surface area contributed by atoms with Gasteiger partial charge < -0.3 is 0 Å². The summed E-state index contributed by atoms with van der Waals surface area (Å²) >= 11 is 1.96. The molecule has 27 heavy (non-hydrogen) atoms. The van der Waals surface area contributed by atoms with Gasteiger partial charge >= 0.3 is 0 Å². The second-order valence-electron chi connectivity index (χ2n) is 7.97. The zero-order valence-electron chi connectivity index (χ0n) is 16.6. The van der Waals surface area contributed by atoms with Crippen molar-refractivity contribution in [3.05, 3.63) is 71.1 Å². The Bertz CT molecular complexity index is 905. The third-order valence-corrected chi connectivity index (χ3v) is 7.18. The molecule has 0 bridgehead atoms. The van der Waals surface area contributed by atoms with Gasteiger partial charge in [-0.25, -0.2) is 0 Å². The Morgan fingerprint density at radius 2 is 1.67 bits per heavy atom. The minimum atomic E-state index is 0.747. The summed E-state index contributed by atoms with van der Waals surface area (Å²) in [5, 5.41) is 1.39. The highest BCUT2D eigenvalue weighted by atomic mass is 32.1. The first-order valence-corrected chi connectivity index (χ1v) is 11.3. The Morgan fingerprint density at radius 1 is 0.926 bits per heavy atom. The molecule has 1 heterocycles. The molecule has 0 aliphatic heterocycles. The highest BCUT2D eigenvalue weighted by molar-refractivity contribution is 7.19. The first-order chi connectivity index (χ1) is 13.3. The lowest BCUT2D eigenvalue weighted by molar-refractivity contribution is 0.376. The zero-order valence-corrected chi connectivity index (χ0v) is 17.4. The van der Waals surface area contributed by atoms with Gasteiger partial charge in [-0.05, 0) is 85.1 Å². The van der Waals surface area contributed by atoms with Crippen LogP contribution in [-0.2, 0) is 6.42 Å². The van der Waals surface area contributed by atoms with Gasteiger partial charge in [0.25, 0.3) is 0 Å². The molecule has 0 N–H and O–H groups in total. The number of allylic oxidation sites excluding steroid dienone is 2. The molecule has 2 aromatic carbocycles. The van der Waals surface area contributed by atoms with Crippen molar-refractivity contribution in [2.45, 2.75) is 58.3 Å². The standard InChI is InChI=1S/C26H30S/c1-3-5-19-7-9-20(10-8-19)21-11-13-22(14-12-21)23-15-16-24-17-25(6-4-2)27-26(24)18-23/h3,5,11-20H,4,6-10H2,1-2H3/b5-3+. The van der Waals surface area contributed by atoms with Crippen LogP contribution in [0.3, 0.4) is 0 Å². The fourth-order valence-corrected chi connectivity index (χ4v) is 5.71. The minimum absolute atomic E-state index is 0.747. The third-order valence-electron chi connectivity index (χ3n) is 6.02. The minimum Gasteiger partial charge on any atom is -0.140 e. The number of aryl methyl sites for hydroxylation is 1. The second kappa shape index (κ2) is 8.44. The monoisotopic (exact) mass is 374 g/mol. The quantitative estimate of drug-likeness (QED) is 0.393. The van der Waals surface area contributed by atoms with Gasteiger partial charge in [0, 0.05) is 9.58 Å². The Morgan fingerprint density at radius 3 is 2.37 bits per heavy atom. The average molecular weight is 375 g/mol. The molecule has 1 heteroatoms. The van der Waals surface area contributed by atoms with E-state index in [0.29, 0.717) is 0 Å². The lowest BCUT2D eigenvalue weighted by atomic mass is 9.78. The number of hydrogen-bond donors (Lipinski definition) is 0. The van der Waals surface area contributed by atoms with E-state index in [-0.39, 0.29) is 0 Å². The van der Waals surface area contributed by atoms with Crippen LogP contribution in [0.15, 0.2) is 60.7 Å². The van der Waals surface area contributed by atoms with Crippen molar-refractivity contribution in [2.24, 2.45) is 5.92 Å². The molecule has 0 nitrogen and oxygen atoms in total. The summed E-state index contributed by atoms with van der Waals surface area (Å²) in [5.41, 5.74) is 4.21. The second-order valence-corrected chi connectivity index (χ2v) is 9.14. The summed E-state index contributed by atoms with van der Waals surface area (Å²) in [6, 6.07) is 18.7. The first-order valence-electron chi connectivity index (χ1n) is 10.5. The molecule has 0 saturated heterocycles. The van der Waals surface area contributed by atoms with E-state index in [1.807, 2.05) is 11.3 Å². The van der Waals surface area contributed by atoms with Crippen molar-refractivity contribution in [1.82, 2.24) is 0 Å². The maximum Gasteiger partial charge on any atom is 0.0351 e. The number of benzene rings is 2. The Labute approximate surface area is 167 Å². The summed E-state index contributed by atoms with van der Waals surface area (Å²) in [5.74, 6) is 1.55. The van der Waals surface area contributed by atoms with Crippen molar-refractivity contribution < 1.29 is 0 Å². The fraction of sp³-hybridized carbons (Fsp3) is 0.385. The molecule has 1 saturated carbocycles. The lowest BCUT2D eigenvalue weighted by Gasteiger charge is -2.27. The average Bonchev–Trinajstić information content (AvgIpc) is 3.11. The molecule has 0 amide bonds. The fourth-order valence-electron chi connectivity index (χ4n) is 4.50. The Hall–Kier alpha value is -1.86. The Balaban J connectivity index is 1.49. The van der Waals surface area contributed by atoms with E-state index in [0.717, 1.165) is 11.8 Å². The topological polar surface area (TPSA) is 0 Å². The van der Waals surface area contributed by atoms with Gasteiger partial charge in [0.2, 0.25) is 0 Å². The predicted octanol–water partition coefficient (Wildman–Crippen LogP) is 8.37. The summed E-state index contributed by atoms with van der Waals surface area (Å²) in [6.45, 7) is 4.40. The zero-order chi connectivity index (χ0) is 18.6. The normalized spacial score (nSPS) is 20.5. The van der Waals surface area contributed by atoms with Crippen LogP contribution in [0.4, 0.5) is 0 Å². The number of rotatable bonds is 5. The molecule has 0 atom stereocenters. The van der Waals surface area contributed by atoms with Crippen LogP contribution in [-0.4, -0.2) is 0 Å². The highest BCUT2D eigenvalue weighted by Crippen LogP contribution is 2.37. The molecule has 1 aliphatic rings. The van der Waals surface area contributed by atoms with Crippen LogP contribution < -0.4 is 0 Å². The molecule has 0 unspecified atom stereocenters. The van der Waals surface area contributed by atoms with E-state index in [2.05, 4.69) is 74.5 Å². The molecule has 1 fully saturated rings. The number of fused-ring (bicyclic) bond motifs is 1. The van der Waals surface area contributed by atoms with E-state index in [9.17, 15) is 0 Å². The van der Waals surface area contributed by atoms with Crippen molar-refractivity contribution in [3.63, 3.8) is 0 Å². The molecule has 3 aromatic rings. The van der Waals surface area contributed by atoms with Crippen LogP contribution in [0.1, 0.15) is 62.3 Å². The molecular formula is C26H30S. The molecular weight excluding hydrogens is 344 g/mol. The number of thiophene rings is 1. The van der Waals surface area contributed by atoms with Crippen LogP contribution in [0.5, 0.6) is 0 Å². The van der Waals surface area contributed by atoms with Gasteiger partial charge in [-0.2, -0.15) is 0 Å². The molecule has 1 aliphatic carbocycles. The van der Waals surface area contributed by atoms with Gasteiger partial charge in [-0.3, -0.25) is 0 Å². The third kappa shape index (κ3) is 4.19. The molecule has 0 radical (unpaired) electrons. The highest BCUT2D eigenvalue weighted by Gasteiger charge is 2.20. The van der Waals surface area contributed by atoms with Gasteiger partial charge in [0.1, 0.15) is 0 Å². The smallest absolute Gasteiger partial charge is 0.0351 e. The summed E-state index contributed by atoms with van der Waals surface area (Å²) < 4.78 is 1.42. The van der Waals surface area contributed by atoms with E-state index in [4.69, 9.17) is 0 Å². The first kappa shape index (κ1) is 18.5. The van der Waals surface area contributed by atoms with E-state index < -0.39 is 0 Å². The maximum absolute atomic E-state index is 2.39. The van der Waals surface area contributed by atoms with Crippen molar-refractivity contribution in [1.29, 1.82) is 0 Å². The van der Waals surface area contributed by atoms with E-state index in [1.54, 1.807) is 0 Å².